The largest absolute Gasteiger partial charge is 0.493 e. The van der Waals surface area contributed by atoms with E-state index in [0.717, 1.165) is 0 Å². The van der Waals surface area contributed by atoms with E-state index >= 15 is 0 Å². The number of ether oxygens (including phenoxy) is 1. The first kappa shape index (κ1) is 17.7. The standard InChI is InChI=1S/C14H21O6P/c1-3-19-21(17,20-4-2)11-7-10-18-13-9-6-5-8-12(13)14(15)16/h5-6,8-9H,3-4,7,10-11H2,1-2H3,(H,15,16). The smallest absolute Gasteiger partial charge is 0.339 e. The topological polar surface area (TPSA) is 82.1 Å². The van der Waals surface area contributed by atoms with E-state index in [1.165, 1.54) is 6.07 Å². The molecule has 6 nitrogen and oxygen atoms in total. The highest BCUT2D eigenvalue weighted by molar-refractivity contribution is 7.53. The molecule has 1 aromatic rings. The molecule has 0 aromatic heterocycles. The van der Waals surface area contributed by atoms with Crippen LogP contribution in [0.4, 0.5) is 0 Å². The Labute approximate surface area is 124 Å². The SMILES string of the molecule is CCOP(=O)(CCCOc1ccccc1C(=O)O)OCC. The summed E-state index contributed by atoms with van der Waals surface area (Å²) in [6.07, 6.45) is 0.690. The van der Waals surface area contributed by atoms with Gasteiger partial charge in [0, 0.05) is 0 Å². The van der Waals surface area contributed by atoms with Crippen molar-refractivity contribution < 1.29 is 28.3 Å². The molecule has 0 heterocycles. The molecule has 0 atom stereocenters. The molecule has 21 heavy (non-hydrogen) atoms. The summed E-state index contributed by atoms with van der Waals surface area (Å²) in [5.74, 6) is -0.743. The highest BCUT2D eigenvalue weighted by atomic mass is 31.2. The average Bonchev–Trinajstić information content (AvgIpc) is 2.44. The van der Waals surface area contributed by atoms with Gasteiger partial charge in [0.15, 0.2) is 0 Å². The lowest BCUT2D eigenvalue weighted by atomic mass is 10.2. The van der Waals surface area contributed by atoms with Crippen LogP contribution in [0.2, 0.25) is 0 Å². The molecule has 0 aliphatic carbocycles. The first-order valence-electron chi connectivity index (χ1n) is 6.85. The molecule has 1 rings (SSSR count). The molecule has 0 bridgehead atoms. The van der Waals surface area contributed by atoms with Gasteiger partial charge in [0.05, 0.1) is 26.0 Å². The number of para-hydroxylation sites is 1. The summed E-state index contributed by atoms with van der Waals surface area (Å²) in [7, 11) is -3.07. The van der Waals surface area contributed by atoms with E-state index in [0.29, 0.717) is 25.4 Å². The Morgan fingerprint density at radius 1 is 1.19 bits per heavy atom. The summed E-state index contributed by atoms with van der Waals surface area (Å²) in [5.41, 5.74) is 0.107. The molecular formula is C14H21O6P. The van der Waals surface area contributed by atoms with Gasteiger partial charge in [0.2, 0.25) is 0 Å². The molecule has 0 amide bonds. The third-order valence-electron chi connectivity index (χ3n) is 2.60. The molecule has 118 valence electrons. The van der Waals surface area contributed by atoms with Gasteiger partial charge in [0.25, 0.3) is 0 Å². The minimum atomic E-state index is -3.07. The lowest BCUT2D eigenvalue weighted by molar-refractivity contribution is 0.0692. The lowest BCUT2D eigenvalue weighted by Gasteiger charge is -2.17. The van der Waals surface area contributed by atoms with Gasteiger partial charge in [-0.1, -0.05) is 12.1 Å². The Morgan fingerprint density at radius 2 is 1.81 bits per heavy atom. The van der Waals surface area contributed by atoms with Gasteiger partial charge in [0.1, 0.15) is 11.3 Å². The van der Waals surface area contributed by atoms with Crippen LogP contribution in [0, 0.1) is 0 Å². The highest BCUT2D eigenvalue weighted by Crippen LogP contribution is 2.48. The zero-order valence-corrected chi connectivity index (χ0v) is 13.2. The van der Waals surface area contributed by atoms with Crippen molar-refractivity contribution in [2.45, 2.75) is 20.3 Å². The second-order valence-corrected chi connectivity index (χ2v) is 6.36. The Bertz CT molecular complexity index is 492. The van der Waals surface area contributed by atoms with Crippen LogP contribution in [0.25, 0.3) is 0 Å². The third kappa shape index (κ3) is 5.87. The van der Waals surface area contributed by atoms with Crippen molar-refractivity contribution in [2.75, 3.05) is 26.0 Å². The third-order valence-corrected chi connectivity index (χ3v) is 4.77. The van der Waals surface area contributed by atoms with Crippen molar-refractivity contribution in [3.63, 3.8) is 0 Å². The molecule has 0 radical (unpaired) electrons. The van der Waals surface area contributed by atoms with Gasteiger partial charge in [-0.3, -0.25) is 4.57 Å². The lowest BCUT2D eigenvalue weighted by Crippen LogP contribution is -2.07. The summed E-state index contributed by atoms with van der Waals surface area (Å²) in [6, 6.07) is 6.40. The van der Waals surface area contributed by atoms with Gasteiger partial charge in [-0.2, -0.15) is 0 Å². The average molecular weight is 316 g/mol. The van der Waals surface area contributed by atoms with Crippen molar-refractivity contribution in [2.24, 2.45) is 0 Å². The first-order chi connectivity index (χ1) is 10.0. The highest BCUT2D eigenvalue weighted by Gasteiger charge is 2.22. The maximum Gasteiger partial charge on any atom is 0.339 e. The number of carboxylic acid groups (broad SMARTS) is 1. The number of hydrogen-bond donors (Lipinski definition) is 1. The van der Waals surface area contributed by atoms with Crippen LogP contribution in [-0.2, 0) is 13.6 Å². The van der Waals surface area contributed by atoms with E-state index in [9.17, 15) is 9.36 Å². The molecule has 0 spiro atoms. The maximum atomic E-state index is 12.2. The zero-order valence-electron chi connectivity index (χ0n) is 12.3. The summed E-state index contributed by atoms with van der Waals surface area (Å²) in [4.78, 5) is 11.0. The van der Waals surface area contributed by atoms with E-state index in [1.54, 1.807) is 32.0 Å². The van der Waals surface area contributed by atoms with Crippen LogP contribution < -0.4 is 4.74 Å². The molecular weight excluding hydrogens is 295 g/mol. The number of aromatic carboxylic acids is 1. The van der Waals surface area contributed by atoms with Gasteiger partial charge in [-0.05, 0) is 32.4 Å². The first-order valence-corrected chi connectivity index (χ1v) is 8.58. The van der Waals surface area contributed by atoms with Crippen molar-refractivity contribution in [1.82, 2.24) is 0 Å². The fourth-order valence-electron chi connectivity index (χ4n) is 1.77. The molecule has 0 unspecified atom stereocenters. The fourth-order valence-corrected chi connectivity index (χ4v) is 3.41. The molecule has 1 N–H and O–H groups in total. The molecule has 0 saturated carbocycles. The van der Waals surface area contributed by atoms with Crippen molar-refractivity contribution >= 4 is 13.6 Å². The molecule has 0 fully saturated rings. The van der Waals surface area contributed by atoms with E-state index in [2.05, 4.69) is 0 Å². The van der Waals surface area contributed by atoms with Gasteiger partial charge < -0.3 is 18.9 Å². The number of hydrogen-bond acceptors (Lipinski definition) is 5. The second-order valence-electron chi connectivity index (χ2n) is 4.17. The predicted molar refractivity (Wildman–Crippen MR) is 79.2 cm³/mol. The minimum Gasteiger partial charge on any atom is -0.493 e. The van der Waals surface area contributed by atoms with Crippen LogP contribution in [0.15, 0.2) is 24.3 Å². The molecule has 0 aliphatic rings. The van der Waals surface area contributed by atoms with Crippen LogP contribution in [-0.4, -0.2) is 37.1 Å². The maximum absolute atomic E-state index is 12.2. The molecule has 1 aromatic carbocycles. The van der Waals surface area contributed by atoms with Crippen LogP contribution >= 0.6 is 7.60 Å². The van der Waals surface area contributed by atoms with Crippen molar-refractivity contribution in [1.29, 1.82) is 0 Å². The predicted octanol–water partition coefficient (Wildman–Crippen LogP) is 3.42. The summed E-state index contributed by atoms with van der Waals surface area (Å²) in [5, 5.41) is 9.03. The zero-order chi connectivity index (χ0) is 15.7. The van der Waals surface area contributed by atoms with E-state index in [1.807, 2.05) is 0 Å². The summed E-state index contributed by atoms with van der Waals surface area (Å²) in [6.45, 7) is 4.39. The monoisotopic (exact) mass is 316 g/mol. The van der Waals surface area contributed by atoms with E-state index in [-0.39, 0.29) is 18.3 Å². The van der Waals surface area contributed by atoms with Crippen LogP contribution in [0.1, 0.15) is 30.6 Å². The fraction of sp³-hybridized carbons (Fsp3) is 0.500. The Morgan fingerprint density at radius 3 is 2.38 bits per heavy atom. The van der Waals surface area contributed by atoms with Gasteiger partial charge >= 0.3 is 13.6 Å². The van der Waals surface area contributed by atoms with Crippen molar-refractivity contribution in [3.8, 4) is 5.75 Å². The molecule has 0 aliphatic heterocycles. The minimum absolute atomic E-state index is 0.107. The summed E-state index contributed by atoms with van der Waals surface area (Å²) >= 11 is 0. The van der Waals surface area contributed by atoms with Gasteiger partial charge in [-0.15, -0.1) is 0 Å². The Balaban J connectivity index is 2.50. The molecule has 0 saturated heterocycles. The van der Waals surface area contributed by atoms with Crippen LogP contribution in [0.3, 0.4) is 0 Å². The van der Waals surface area contributed by atoms with E-state index in [4.69, 9.17) is 18.9 Å². The Hall–Kier alpha value is -1.36. The number of benzene rings is 1. The van der Waals surface area contributed by atoms with Gasteiger partial charge in [-0.25, -0.2) is 4.79 Å². The number of rotatable bonds is 10. The van der Waals surface area contributed by atoms with Crippen molar-refractivity contribution in [3.05, 3.63) is 29.8 Å². The number of carboxylic acids is 1. The Kier molecular flexibility index (Phi) is 7.43. The normalized spacial score (nSPS) is 11.3. The molecule has 7 heteroatoms. The quantitative estimate of drug-likeness (QED) is 0.526. The second kappa shape index (κ2) is 8.82. The summed E-state index contributed by atoms with van der Waals surface area (Å²) < 4.78 is 28.0. The van der Waals surface area contributed by atoms with Crippen LogP contribution in [0.5, 0.6) is 5.75 Å². The van der Waals surface area contributed by atoms with E-state index < -0.39 is 13.6 Å². The number of carbonyl (C=O) groups is 1.